The first kappa shape index (κ1) is 17.9. The number of nitrogens with one attached hydrogen (secondary N) is 1. The van der Waals surface area contributed by atoms with Crippen molar-refractivity contribution in [3.63, 3.8) is 0 Å². The summed E-state index contributed by atoms with van der Waals surface area (Å²) in [4.78, 5) is 0. The quantitative estimate of drug-likeness (QED) is 0.802. The summed E-state index contributed by atoms with van der Waals surface area (Å²) in [6.45, 7) is 1.98. The number of aliphatic hydroxyl groups excluding tert-OH is 1. The molecule has 0 aliphatic carbocycles. The smallest absolute Gasteiger partial charge is 0.147 e. The summed E-state index contributed by atoms with van der Waals surface area (Å²) >= 11 is 12.1. The van der Waals surface area contributed by atoms with Gasteiger partial charge in [0.1, 0.15) is 17.7 Å². The van der Waals surface area contributed by atoms with Gasteiger partial charge in [0.25, 0.3) is 0 Å². The molecule has 0 fully saturated rings. The zero-order valence-corrected chi connectivity index (χ0v) is 15.7. The standard InChI is InChI=1S/C19H19Cl2NO3/c1-10-13(6-11-4-5-14(20)15(21)7-11)19(23)22-16-8-12(24-2)9-17(25-3)18(10)16/h4-5,7-9,19,22-23H,6H2,1-3H3. The lowest BCUT2D eigenvalue weighted by atomic mass is 9.90. The third kappa shape index (κ3) is 3.43. The number of benzene rings is 2. The molecule has 132 valence electrons. The van der Waals surface area contributed by atoms with Crippen molar-refractivity contribution >= 4 is 34.5 Å². The zero-order chi connectivity index (χ0) is 18.1. The number of halogens is 2. The third-order valence-electron chi connectivity index (χ3n) is 4.39. The second kappa shape index (κ2) is 7.16. The first-order chi connectivity index (χ1) is 11.9. The van der Waals surface area contributed by atoms with Crippen molar-refractivity contribution in [2.24, 2.45) is 0 Å². The molecule has 2 N–H and O–H groups in total. The van der Waals surface area contributed by atoms with Crippen LogP contribution in [0.25, 0.3) is 5.57 Å². The first-order valence-corrected chi connectivity index (χ1v) is 8.54. The maximum Gasteiger partial charge on any atom is 0.147 e. The van der Waals surface area contributed by atoms with E-state index in [1.807, 2.05) is 31.2 Å². The Balaban J connectivity index is 2.06. The maximum atomic E-state index is 10.6. The molecule has 2 aromatic rings. The van der Waals surface area contributed by atoms with E-state index in [4.69, 9.17) is 32.7 Å². The summed E-state index contributed by atoms with van der Waals surface area (Å²) in [7, 11) is 3.21. The van der Waals surface area contributed by atoms with Gasteiger partial charge in [-0.2, -0.15) is 0 Å². The van der Waals surface area contributed by atoms with Gasteiger partial charge in [-0.3, -0.25) is 0 Å². The van der Waals surface area contributed by atoms with E-state index in [-0.39, 0.29) is 0 Å². The van der Waals surface area contributed by atoms with E-state index in [0.29, 0.717) is 28.0 Å². The van der Waals surface area contributed by atoms with E-state index in [1.54, 1.807) is 20.3 Å². The number of methoxy groups -OCH3 is 2. The lowest BCUT2D eigenvalue weighted by Crippen LogP contribution is -2.28. The highest BCUT2D eigenvalue weighted by atomic mass is 35.5. The first-order valence-electron chi connectivity index (χ1n) is 7.79. The molecule has 0 saturated carbocycles. The summed E-state index contributed by atoms with van der Waals surface area (Å²) < 4.78 is 10.8. The normalized spacial score (nSPS) is 16.3. The largest absolute Gasteiger partial charge is 0.497 e. The Morgan fingerprint density at radius 3 is 2.48 bits per heavy atom. The molecule has 1 heterocycles. The minimum Gasteiger partial charge on any atom is -0.497 e. The molecule has 25 heavy (non-hydrogen) atoms. The highest BCUT2D eigenvalue weighted by Crippen LogP contribution is 2.43. The molecule has 1 aliphatic rings. The third-order valence-corrected chi connectivity index (χ3v) is 5.13. The van der Waals surface area contributed by atoms with Gasteiger partial charge >= 0.3 is 0 Å². The van der Waals surface area contributed by atoms with Crippen LogP contribution in [0.15, 0.2) is 35.9 Å². The summed E-state index contributed by atoms with van der Waals surface area (Å²) in [6, 6.07) is 9.16. The van der Waals surface area contributed by atoms with Gasteiger partial charge in [0, 0.05) is 17.7 Å². The summed E-state index contributed by atoms with van der Waals surface area (Å²) in [6.07, 6.45) is -0.260. The summed E-state index contributed by atoms with van der Waals surface area (Å²) in [5, 5.41) is 14.7. The molecule has 4 nitrogen and oxygen atoms in total. The van der Waals surface area contributed by atoms with Crippen molar-refractivity contribution in [2.75, 3.05) is 19.5 Å². The predicted molar refractivity (Wildman–Crippen MR) is 102 cm³/mol. The van der Waals surface area contributed by atoms with E-state index in [1.165, 1.54) is 0 Å². The van der Waals surface area contributed by atoms with Gasteiger partial charge in [-0.15, -0.1) is 0 Å². The van der Waals surface area contributed by atoms with E-state index in [9.17, 15) is 5.11 Å². The molecule has 2 aromatic carbocycles. The second-order valence-electron chi connectivity index (χ2n) is 5.87. The Labute approximate surface area is 157 Å². The number of hydrogen-bond acceptors (Lipinski definition) is 4. The Morgan fingerprint density at radius 1 is 1.08 bits per heavy atom. The molecule has 1 atom stereocenters. The van der Waals surface area contributed by atoms with Crippen LogP contribution in [0, 0.1) is 0 Å². The second-order valence-corrected chi connectivity index (χ2v) is 6.69. The fourth-order valence-corrected chi connectivity index (χ4v) is 3.39. The molecule has 0 amide bonds. The van der Waals surface area contributed by atoms with Gasteiger partial charge in [-0.1, -0.05) is 29.3 Å². The van der Waals surface area contributed by atoms with Crippen LogP contribution in [0.2, 0.25) is 10.0 Å². The van der Waals surface area contributed by atoms with E-state index >= 15 is 0 Å². The number of allylic oxidation sites excluding steroid dienone is 1. The van der Waals surface area contributed by atoms with E-state index < -0.39 is 6.23 Å². The number of anilines is 1. The van der Waals surface area contributed by atoms with Gasteiger partial charge in [-0.25, -0.2) is 0 Å². The fourth-order valence-electron chi connectivity index (χ4n) is 3.07. The summed E-state index contributed by atoms with van der Waals surface area (Å²) in [5.41, 5.74) is 4.49. The number of rotatable bonds is 4. The minimum atomic E-state index is -0.807. The van der Waals surface area contributed by atoms with Crippen LogP contribution in [0.1, 0.15) is 18.1 Å². The predicted octanol–water partition coefficient (Wildman–Crippen LogP) is 4.77. The Morgan fingerprint density at radius 2 is 1.84 bits per heavy atom. The fraction of sp³-hybridized carbons (Fsp3) is 0.263. The maximum absolute atomic E-state index is 10.6. The number of aliphatic hydroxyl groups is 1. The van der Waals surface area contributed by atoms with Crippen LogP contribution in [-0.2, 0) is 6.42 Å². The van der Waals surface area contributed by atoms with Crippen LogP contribution in [0.3, 0.4) is 0 Å². The molecular weight excluding hydrogens is 361 g/mol. The summed E-state index contributed by atoms with van der Waals surface area (Å²) in [5.74, 6) is 1.36. The molecule has 6 heteroatoms. The van der Waals surface area contributed by atoms with Gasteiger partial charge in [0.05, 0.1) is 30.0 Å². The number of fused-ring (bicyclic) bond motifs is 1. The van der Waals surface area contributed by atoms with Crippen molar-refractivity contribution in [3.05, 3.63) is 57.1 Å². The van der Waals surface area contributed by atoms with Crippen molar-refractivity contribution in [1.82, 2.24) is 0 Å². The van der Waals surface area contributed by atoms with Crippen molar-refractivity contribution in [3.8, 4) is 11.5 Å². The Bertz CT molecular complexity index is 849. The average Bonchev–Trinajstić information content (AvgIpc) is 2.60. The molecule has 0 aromatic heterocycles. The molecule has 3 rings (SSSR count). The average molecular weight is 380 g/mol. The van der Waals surface area contributed by atoms with Crippen molar-refractivity contribution < 1.29 is 14.6 Å². The van der Waals surface area contributed by atoms with E-state index in [0.717, 1.165) is 28.0 Å². The van der Waals surface area contributed by atoms with Crippen LogP contribution < -0.4 is 14.8 Å². The zero-order valence-electron chi connectivity index (χ0n) is 14.2. The monoisotopic (exact) mass is 379 g/mol. The minimum absolute atomic E-state index is 0.499. The van der Waals surface area contributed by atoms with Crippen LogP contribution in [0.4, 0.5) is 5.69 Å². The van der Waals surface area contributed by atoms with Crippen molar-refractivity contribution in [2.45, 2.75) is 19.6 Å². The lowest BCUT2D eigenvalue weighted by molar-refractivity contribution is 0.236. The van der Waals surface area contributed by atoms with Crippen LogP contribution in [-0.4, -0.2) is 25.6 Å². The Hall–Kier alpha value is -1.88. The van der Waals surface area contributed by atoms with Crippen LogP contribution in [0.5, 0.6) is 11.5 Å². The topological polar surface area (TPSA) is 50.7 Å². The van der Waals surface area contributed by atoms with Crippen LogP contribution >= 0.6 is 23.2 Å². The lowest BCUT2D eigenvalue weighted by Gasteiger charge is -2.29. The molecule has 0 saturated heterocycles. The van der Waals surface area contributed by atoms with Crippen molar-refractivity contribution in [1.29, 1.82) is 0 Å². The molecular formula is C19H19Cl2NO3. The molecule has 0 spiro atoms. The van der Waals surface area contributed by atoms with Gasteiger partial charge < -0.3 is 19.9 Å². The molecule has 0 radical (unpaired) electrons. The SMILES string of the molecule is COc1cc2c(c(OC)c1)C(C)=C(Cc1ccc(Cl)c(Cl)c1)C(O)N2. The number of ether oxygens (including phenoxy) is 2. The molecule has 1 unspecified atom stereocenters. The highest BCUT2D eigenvalue weighted by Gasteiger charge is 2.26. The van der Waals surface area contributed by atoms with E-state index in [2.05, 4.69) is 5.32 Å². The van der Waals surface area contributed by atoms with Gasteiger partial charge in [-0.05, 0) is 42.2 Å². The number of hydrogen-bond donors (Lipinski definition) is 2. The Kier molecular flexibility index (Phi) is 5.13. The molecule has 0 bridgehead atoms. The molecule has 1 aliphatic heterocycles. The van der Waals surface area contributed by atoms with Gasteiger partial charge in [0.2, 0.25) is 0 Å². The highest BCUT2D eigenvalue weighted by molar-refractivity contribution is 6.42. The van der Waals surface area contributed by atoms with Gasteiger partial charge in [0.15, 0.2) is 0 Å².